The van der Waals surface area contributed by atoms with Crippen molar-refractivity contribution in [3.05, 3.63) is 62.5 Å². The van der Waals surface area contributed by atoms with E-state index in [-0.39, 0.29) is 53.7 Å². The number of carbonyl (C=O) groups excluding carboxylic acids is 2. The van der Waals surface area contributed by atoms with Crippen molar-refractivity contribution in [1.82, 2.24) is 14.2 Å². The molecule has 1 aromatic carbocycles. The Kier molecular flexibility index (Phi) is 9.94. The van der Waals surface area contributed by atoms with Crippen molar-refractivity contribution in [3.63, 3.8) is 0 Å². The first-order chi connectivity index (χ1) is 20.2. The number of esters is 1. The molecule has 1 unspecified atom stereocenters. The van der Waals surface area contributed by atoms with Crippen molar-refractivity contribution >= 4 is 50.9 Å². The highest BCUT2D eigenvalue weighted by Crippen LogP contribution is 2.45. The van der Waals surface area contributed by atoms with Crippen molar-refractivity contribution in [3.8, 4) is 0 Å². The number of hydrogen-bond donors (Lipinski definition) is 0. The molecule has 0 spiro atoms. The number of amides is 1. The molecule has 10 nitrogen and oxygen atoms in total. The van der Waals surface area contributed by atoms with E-state index >= 15 is 0 Å². The number of sulfonamides is 1. The summed E-state index contributed by atoms with van der Waals surface area (Å²) in [7, 11) is -3.71. The number of alkyl halides is 1. The van der Waals surface area contributed by atoms with Crippen molar-refractivity contribution in [2.24, 2.45) is 10.9 Å². The van der Waals surface area contributed by atoms with Gasteiger partial charge >= 0.3 is 12.1 Å². The molecular weight excluding hydrogens is 626 g/mol. The monoisotopic (exact) mass is 658 g/mol. The Hall–Kier alpha value is -2.94. The highest BCUT2D eigenvalue weighted by atomic mass is 35.5. The molecule has 234 valence electrons. The third-order valence-electron chi connectivity index (χ3n) is 6.88. The summed E-state index contributed by atoms with van der Waals surface area (Å²) in [6.07, 6.45) is 1.87. The van der Waals surface area contributed by atoms with Gasteiger partial charge in [-0.25, -0.2) is 41.7 Å². The second kappa shape index (κ2) is 13.0. The van der Waals surface area contributed by atoms with Crippen molar-refractivity contribution in [2.45, 2.75) is 58.2 Å². The summed E-state index contributed by atoms with van der Waals surface area (Å²) in [4.78, 5) is 38.0. The molecule has 1 aromatic heterocycles. The molecule has 0 N–H and O–H groups in total. The van der Waals surface area contributed by atoms with E-state index in [1.165, 1.54) is 23.6 Å². The molecule has 0 saturated carbocycles. The number of ether oxygens (including phenoxy) is 2. The van der Waals surface area contributed by atoms with E-state index in [0.717, 1.165) is 27.6 Å². The number of piperidine rings is 1. The SMILES string of the molecule is CCOC(=O)C1=C([C@@H]2CCN(S(C)(=O)=O)[C@@H](CF)C2)N=C(c2nccs2)N(C(=O)OC(C)(C)C)C1c1ccc(F)cc1Cl. The van der Waals surface area contributed by atoms with Crippen LogP contribution >= 0.6 is 22.9 Å². The lowest BCUT2D eigenvalue weighted by Crippen LogP contribution is -2.50. The number of allylic oxidation sites excluding steroid dienone is 1. The molecule has 0 bridgehead atoms. The van der Waals surface area contributed by atoms with Gasteiger partial charge in [-0.15, -0.1) is 11.3 Å². The van der Waals surface area contributed by atoms with E-state index in [2.05, 4.69) is 4.98 Å². The summed E-state index contributed by atoms with van der Waals surface area (Å²) in [6, 6.07) is 1.27. The smallest absolute Gasteiger partial charge is 0.416 e. The van der Waals surface area contributed by atoms with Crippen LogP contribution < -0.4 is 0 Å². The number of hydrogen-bond acceptors (Lipinski definition) is 9. The fourth-order valence-electron chi connectivity index (χ4n) is 5.22. The van der Waals surface area contributed by atoms with Gasteiger partial charge in [-0.3, -0.25) is 0 Å². The van der Waals surface area contributed by atoms with Crippen LogP contribution in [0.2, 0.25) is 5.02 Å². The molecule has 43 heavy (non-hydrogen) atoms. The van der Waals surface area contributed by atoms with Gasteiger partial charge in [0.15, 0.2) is 10.8 Å². The molecule has 3 atom stereocenters. The quantitative estimate of drug-likeness (QED) is 0.361. The van der Waals surface area contributed by atoms with Crippen LogP contribution in [0.3, 0.4) is 0 Å². The molecular formula is C28H33ClF2N4O6S2. The summed E-state index contributed by atoms with van der Waals surface area (Å²) in [5.74, 6) is -2.03. The zero-order chi connectivity index (χ0) is 31.7. The van der Waals surface area contributed by atoms with Gasteiger partial charge in [0.05, 0.1) is 30.2 Å². The van der Waals surface area contributed by atoms with Crippen LogP contribution in [-0.4, -0.2) is 78.2 Å². The van der Waals surface area contributed by atoms with Crippen LogP contribution in [0.1, 0.15) is 57.1 Å². The maximum atomic E-state index is 14.3. The van der Waals surface area contributed by atoms with Crippen LogP contribution in [0.4, 0.5) is 13.6 Å². The van der Waals surface area contributed by atoms with E-state index in [1.54, 1.807) is 33.1 Å². The number of nitrogens with zero attached hydrogens (tertiary/aromatic N) is 4. The van der Waals surface area contributed by atoms with Crippen LogP contribution in [0.5, 0.6) is 0 Å². The van der Waals surface area contributed by atoms with E-state index < -0.39 is 58.2 Å². The second-order valence-electron chi connectivity index (χ2n) is 11.1. The Balaban J connectivity index is 2.02. The maximum Gasteiger partial charge on any atom is 0.416 e. The average molecular weight is 659 g/mol. The van der Waals surface area contributed by atoms with Crippen LogP contribution in [0.15, 0.2) is 46.0 Å². The van der Waals surface area contributed by atoms with Crippen molar-refractivity contribution < 1.29 is 36.3 Å². The molecule has 3 heterocycles. The molecule has 4 rings (SSSR count). The fourth-order valence-corrected chi connectivity index (χ4v) is 7.23. The van der Waals surface area contributed by atoms with Gasteiger partial charge < -0.3 is 9.47 Å². The standard InChI is InChI=1S/C28H33ClF2N4O6S2/c1-6-40-26(36)21-22(16-9-11-34(43(5,38)39)18(13-16)15-30)33-24(25-32-10-12-42-25)35(27(37)41-28(2,3)4)23(21)19-8-7-17(31)14-20(19)29/h7-8,10,12,14,16,18,23H,6,9,11,13,15H2,1-5H3/t16-,18-,23?/m1/s1. The number of amidine groups is 1. The molecule has 2 aliphatic rings. The van der Waals surface area contributed by atoms with Gasteiger partial charge in [0, 0.05) is 29.1 Å². The normalized spacial score (nSPS) is 21.9. The summed E-state index contributed by atoms with van der Waals surface area (Å²) >= 11 is 7.74. The summed E-state index contributed by atoms with van der Waals surface area (Å²) in [5, 5.41) is 1.91. The first-order valence-corrected chi connectivity index (χ1v) is 16.7. The first kappa shape index (κ1) is 33.0. The molecule has 1 saturated heterocycles. The Morgan fingerprint density at radius 2 is 1.98 bits per heavy atom. The van der Waals surface area contributed by atoms with Crippen LogP contribution in [0.25, 0.3) is 0 Å². The van der Waals surface area contributed by atoms with Gasteiger partial charge in [0.2, 0.25) is 10.0 Å². The third kappa shape index (κ3) is 7.24. The number of rotatable bonds is 7. The summed E-state index contributed by atoms with van der Waals surface area (Å²) in [5.41, 5.74) is -0.658. The number of carbonyl (C=O) groups is 2. The van der Waals surface area contributed by atoms with E-state index in [0.29, 0.717) is 5.01 Å². The number of benzene rings is 1. The number of aliphatic imine (C=N–C) groups is 1. The van der Waals surface area contributed by atoms with Crippen molar-refractivity contribution in [1.29, 1.82) is 0 Å². The number of aromatic nitrogens is 1. The minimum absolute atomic E-state index is 0.00671. The van der Waals surface area contributed by atoms with Gasteiger partial charge in [0.25, 0.3) is 0 Å². The Labute approximate surface area is 258 Å². The molecule has 2 aliphatic heterocycles. The Bertz CT molecular complexity index is 1540. The molecule has 15 heteroatoms. The predicted octanol–water partition coefficient (Wildman–Crippen LogP) is 5.50. The van der Waals surface area contributed by atoms with Gasteiger partial charge in [0.1, 0.15) is 24.1 Å². The molecule has 2 aromatic rings. The zero-order valence-electron chi connectivity index (χ0n) is 24.3. The second-order valence-corrected chi connectivity index (χ2v) is 14.4. The number of halogens is 3. The fraction of sp³-hybridized carbons (Fsp3) is 0.500. The van der Waals surface area contributed by atoms with Gasteiger partial charge in [-0.05, 0) is 58.2 Å². The minimum atomic E-state index is -3.71. The molecule has 1 amide bonds. The van der Waals surface area contributed by atoms with Crippen molar-refractivity contribution in [2.75, 3.05) is 26.1 Å². The molecule has 0 radical (unpaired) electrons. The zero-order valence-corrected chi connectivity index (χ0v) is 26.7. The Morgan fingerprint density at radius 3 is 2.53 bits per heavy atom. The lowest BCUT2D eigenvalue weighted by molar-refractivity contribution is -0.139. The highest BCUT2D eigenvalue weighted by molar-refractivity contribution is 7.88. The molecule has 1 fully saturated rings. The molecule has 0 aliphatic carbocycles. The third-order valence-corrected chi connectivity index (χ3v) is 9.31. The predicted molar refractivity (Wildman–Crippen MR) is 159 cm³/mol. The first-order valence-electron chi connectivity index (χ1n) is 13.6. The maximum absolute atomic E-state index is 14.3. The largest absolute Gasteiger partial charge is 0.463 e. The van der Waals surface area contributed by atoms with E-state index in [1.807, 2.05) is 0 Å². The highest BCUT2D eigenvalue weighted by Gasteiger charge is 2.47. The topological polar surface area (TPSA) is 118 Å². The van der Waals surface area contributed by atoms with Gasteiger partial charge in [-0.2, -0.15) is 4.31 Å². The van der Waals surface area contributed by atoms with Gasteiger partial charge in [-0.1, -0.05) is 17.7 Å². The van der Waals surface area contributed by atoms with E-state index in [9.17, 15) is 26.8 Å². The summed E-state index contributed by atoms with van der Waals surface area (Å²) < 4.78 is 65.5. The lowest BCUT2D eigenvalue weighted by Gasteiger charge is -2.41. The van der Waals surface area contributed by atoms with Crippen LogP contribution in [-0.2, 0) is 24.3 Å². The number of thiazole rings is 1. The minimum Gasteiger partial charge on any atom is -0.463 e. The summed E-state index contributed by atoms with van der Waals surface area (Å²) in [6.45, 7) is 5.65. The Morgan fingerprint density at radius 1 is 1.26 bits per heavy atom. The lowest BCUT2D eigenvalue weighted by atomic mass is 9.83. The van der Waals surface area contributed by atoms with E-state index in [4.69, 9.17) is 26.1 Å². The average Bonchev–Trinajstić information content (AvgIpc) is 3.45. The van der Waals surface area contributed by atoms with Crippen LogP contribution in [0, 0.1) is 11.7 Å².